The van der Waals surface area contributed by atoms with Gasteiger partial charge in [-0.1, -0.05) is 5.16 Å². The monoisotopic (exact) mass is 228 g/mol. The zero-order valence-corrected chi connectivity index (χ0v) is 9.64. The summed E-state index contributed by atoms with van der Waals surface area (Å²) in [5.41, 5.74) is 6.60. The Morgan fingerprint density at radius 3 is 2.41 bits per heavy atom. The zero-order chi connectivity index (χ0) is 12.5. The maximum absolute atomic E-state index is 8.69. The van der Waals surface area contributed by atoms with Crippen molar-refractivity contribution in [3.8, 4) is 17.5 Å². The van der Waals surface area contributed by atoms with Gasteiger partial charge in [-0.05, 0) is 38.1 Å². The number of hydrogen-bond acceptors (Lipinski definition) is 5. The van der Waals surface area contributed by atoms with Crippen LogP contribution in [0.1, 0.15) is 25.2 Å². The molecular weight excluding hydrogens is 216 g/mol. The normalized spacial score (nSPS) is 11.2. The molecule has 17 heavy (non-hydrogen) atoms. The van der Waals surface area contributed by atoms with Gasteiger partial charge in [0.25, 0.3) is 5.89 Å². The molecule has 0 spiro atoms. The van der Waals surface area contributed by atoms with Gasteiger partial charge in [0.05, 0.1) is 17.2 Å². The fraction of sp³-hybridized carbons (Fsp3) is 0.250. The molecule has 86 valence electrons. The number of aromatic nitrogens is 2. The van der Waals surface area contributed by atoms with E-state index in [2.05, 4.69) is 10.1 Å². The van der Waals surface area contributed by atoms with E-state index in [-0.39, 0.29) is 0 Å². The van der Waals surface area contributed by atoms with Crippen LogP contribution in [0.15, 0.2) is 28.8 Å². The smallest absolute Gasteiger partial charge is 0.257 e. The van der Waals surface area contributed by atoms with E-state index in [4.69, 9.17) is 15.5 Å². The average molecular weight is 228 g/mol. The van der Waals surface area contributed by atoms with Crippen LogP contribution in [0.4, 0.5) is 0 Å². The first kappa shape index (κ1) is 11.3. The third-order valence-corrected chi connectivity index (χ3v) is 2.26. The lowest BCUT2D eigenvalue weighted by Gasteiger charge is -2.11. The number of nitriles is 1. The Bertz CT molecular complexity index is 557. The van der Waals surface area contributed by atoms with Crippen molar-refractivity contribution in [1.82, 2.24) is 10.1 Å². The summed E-state index contributed by atoms with van der Waals surface area (Å²) >= 11 is 0. The molecule has 0 saturated carbocycles. The predicted octanol–water partition coefficient (Wildman–Crippen LogP) is 1.80. The number of hydrogen-bond donors (Lipinski definition) is 1. The third kappa shape index (κ3) is 2.32. The van der Waals surface area contributed by atoms with Crippen LogP contribution < -0.4 is 5.73 Å². The molecule has 2 aromatic rings. The first-order chi connectivity index (χ1) is 8.00. The highest BCUT2D eigenvalue weighted by atomic mass is 16.5. The minimum Gasteiger partial charge on any atom is -0.334 e. The van der Waals surface area contributed by atoms with Crippen LogP contribution in [0.3, 0.4) is 0 Å². The summed E-state index contributed by atoms with van der Waals surface area (Å²) in [6.45, 7) is 3.61. The summed E-state index contributed by atoms with van der Waals surface area (Å²) in [5.74, 6) is 0.861. The van der Waals surface area contributed by atoms with Crippen LogP contribution in [-0.2, 0) is 5.54 Å². The Hall–Kier alpha value is -2.19. The minimum atomic E-state index is -0.631. The molecule has 5 heteroatoms. The molecule has 0 fully saturated rings. The van der Waals surface area contributed by atoms with E-state index >= 15 is 0 Å². The van der Waals surface area contributed by atoms with Gasteiger partial charge >= 0.3 is 0 Å². The molecule has 0 amide bonds. The molecule has 0 unspecified atom stereocenters. The zero-order valence-electron chi connectivity index (χ0n) is 9.64. The highest BCUT2D eigenvalue weighted by Crippen LogP contribution is 2.20. The molecule has 0 aliphatic rings. The summed E-state index contributed by atoms with van der Waals surface area (Å²) in [6, 6.07) is 8.98. The SMILES string of the molecule is CC(C)(N)c1noc(-c2ccc(C#N)cc2)n1. The number of nitrogens with zero attached hydrogens (tertiary/aromatic N) is 3. The van der Waals surface area contributed by atoms with Crippen LogP contribution >= 0.6 is 0 Å². The second-order valence-corrected chi connectivity index (χ2v) is 4.33. The van der Waals surface area contributed by atoms with Crippen LogP contribution in [0, 0.1) is 11.3 Å². The second kappa shape index (κ2) is 4.00. The first-order valence-electron chi connectivity index (χ1n) is 5.14. The maximum Gasteiger partial charge on any atom is 0.257 e. The molecule has 0 saturated heterocycles. The van der Waals surface area contributed by atoms with E-state index in [0.29, 0.717) is 17.3 Å². The molecule has 1 heterocycles. The predicted molar refractivity (Wildman–Crippen MR) is 61.7 cm³/mol. The van der Waals surface area contributed by atoms with Gasteiger partial charge in [0.15, 0.2) is 5.82 Å². The van der Waals surface area contributed by atoms with E-state index in [1.165, 1.54) is 0 Å². The lowest BCUT2D eigenvalue weighted by Crippen LogP contribution is -2.30. The fourth-order valence-corrected chi connectivity index (χ4v) is 1.29. The molecule has 0 aliphatic heterocycles. The van der Waals surface area contributed by atoms with Gasteiger partial charge in [-0.15, -0.1) is 0 Å². The summed E-state index contributed by atoms with van der Waals surface area (Å²) < 4.78 is 5.13. The standard InChI is InChI=1S/C12H12N4O/c1-12(2,14)11-15-10(17-16-11)9-5-3-8(7-13)4-6-9/h3-6H,14H2,1-2H3. The molecule has 2 rings (SSSR count). The Kier molecular flexibility index (Phi) is 2.66. The highest BCUT2D eigenvalue weighted by molar-refractivity contribution is 5.54. The molecule has 1 aromatic heterocycles. The summed E-state index contributed by atoms with van der Waals surface area (Å²) in [7, 11) is 0. The largest absolute Gasteiger partial charge is 0.334 e. The molecule has 0 radical (unpaired) electrons. The van der Waals surface area contributed by atoms with Crippen LogP contribution in [0.25, 0.3) is 11.5 Å². The molecule has 2 N–H and O–H groups in total. The van der Waals surface area contributed by atoms with Crippen molar-refractivity contribution in [2.75, 3.05) is 0 Å². The summed E-state index contributed by atoms with van der Waals surface area (Å²) in [5, 5.41) is 12.5. The van der Waals surface area contributed by atoms with Crippen LogP contribution in [0.2, 0.25) is 0 Å². The topological polar surface area (TPSA) is 88.7 Å². The van der Waals surface area contributed by atoms with Crippen molar-refractivity contribution in [2.24, 2.45) is 5.73 Å². The Labute approximate surface area is 98.9 Å². The van der Waals surface area contributed by atoms with E-state index in [1.54, 1.807) is 38.1 Å². The number of rotatable bonds is 2. The van der Waals surface area contributed by atoms with Gasteiger partial charge in [0.1, 0.15) is 0 Å². The second-order valence-electron chi connectivity index (χ2n) is 4.33. The van der Waals surface area contributed by atoms with E-state index < -0.39 is 5.54 Å². The van der Waals surface area contributed by atoms with E-state index in [0.717, 1.165) is 5.56 Å². The van der Waals surface area contributed by atoms with Crippen molar-refractivity contribution in [3.05, 3.63) is 35.7 Å². The summed E-state index contributed by atoms with van der Waals surface area (Å²) in [6.07, 6.45) is 0. The number of nitrogens with two attached hydrogens (primary N) is 1. The van der Waals surface area contributed by atoms with Crippen molar-refractivity contribution in [3.63, 3.8) is 0 Å². The van der Waals surface area contributed by atoms with Gasteiger partial charge in [-0.3, -0.25) is 0 Å². The lowest BCUT2D eigenvalue weighted by molar-refractivity contribution is 0.397. The number of benzene rings is 1. The van der Waals surface area contributed by atoms with Gasteiger partial charge in [0, 0.05) is 5.56 Å². The Balaban J connectivity index is 2.34. The van der Waals surface area contributed by atoms with Crippen LogP contribution in [-0.4, -0.2) is 10.1 Å². The Morgan fingerprint density at radius 1 is 1.29 bits per heavy atom. The van der Waals surface area contributed by atoms with E-state index in [1.807, 2.05) is 6.07 Å². The molecule has 1 aromatic carbocycles. The maximum atomic E-state index is 8.69. The Morgan fingerprint density at radius 2 is 1.94 bits per heavy atom. The minimum absolute atomic E-state index is 0.406. The molecule has 5 nitrogen and oxygen atoms in total. The highest BCUT2D eigenvalue weighted by Gasteiger charge is 2.21. The van der Waals surface area contributed by atoms with Crippen molar-refractivity contribution < 1.29 is 4.52 Å². The third-order valence-electron chi connectivity index (χ3n) is 2.26. The van der Waals surface area contributed by atoms with E-state index in [9.17, 15) is 0 Å². The quantitative estimate of drug-likeness (QED) is 0.846. The van der Waals surface area contributed by atoms with Gasteiger partial charge in [-0.2, -0.15) is 10.2 Å². The summed E-state index contributed by atoms with van der Waals surface area (Å²) in [4.78, 5) is 4.22. The fourth-order valence-electron chi connectivity index (χ4n) is 1.29. The van der Waals surface area contributed by atoms with Crippen LogP contribution in [0.5, 0.6) is 0 Å². The first-order valence-corrected chi connectivity index (χ1v) is 5.14. The molecule has 0 atom stereocenters. The van der Waals surface area contributed by atoms with Gasteiger partial charge in [0.2, 0.25) is 0 Å². The lowest BCUT2D eigenvalue weighted by atomic mass is 10.1. The molecule has 0 aliphatic carbocycles. The van der Waals surface area contributed by atoms with Gasteiger partial charge < -0.3 is 10.3 Å². The molecular formula is C12H12N4O. The van der Waals surface area contributed by atoms with Crippen molar-refractivity contribution >= 4 is 0 Å². The molecule has 0 bridgehead atoms. The van der Waals surface area contributed by atoms with Gasteiger partial charge in [-0.25, -0.2) is 0 Å². The van der Waals surface area contributed by atoms with Crippen molar-refractivity contribution in [1.29, 1.82) is 5.26 Å². The van der Waals surface area contributed by atoms with Crippen molar-refractivity contribution in [2.45, 2.75) is 19.4 Å². The average Bonchev–Trinajstić information content (AvgIpc) is 2.78.